The molecule has 3 nitrogen and oxygen atoms in total. The van der Waals surface area contributed by atoms with Crippen molar-refractivity contribution in [2.45, 2.75) is 13.8 Å². The van der Waals surface area contributed by atoms with Crippen LogP contribution in [0, 0.1) is 0 Å². The van der Waals surface area contributed by atoms with Gasteiger partial charge < -0.3 is 5.11 Å². The summed E-state index contributed by atoms with van der Waals surface area (Å²) in [5.74, 6) is -0.727. The number of aliphatic carboxylic acids is 1. The normalized spacial score (nSPS) is 9.35. The van der Waals surface area contributed by atoms with Crippen LogP contribution in [0.25, 0.3) is 22.3 Å². The minimum atomic E-state index is -0.833. The fraction of sp³-hybridized carbons (Fsp3) is 0.0714. The van der Waals surface area contributed by atoms with E-state index in [1.807, 2.05) is 66.7 Å². The predicted octanol–water partition coefficient (Wildman–Crippen LogP) is 7.00. The summed E-state index contributed by atoms with van der Waals surface area (Å²) < 4.78 is 0. The van der Waals surface area contributed by atoms with Crippen LogP contribution in [0.5, 0.6) is 0 Å². The van der Waals surface area contributed by atoms with E-state index in [0.717, 1.165) is 23.6 Å². The minimum Gasteiger partial charge on any atom is -0.481 e. The van der Waals surface area contributed by atoms with Crippen LogP contribution in [0.3, 0.4) is 0 Å². The van der Waals surface area contributed by atoms with E-state index in [2.05, 4.69) is 48.5 Å². The van der Waals surface area contributed by atoms with Gasteiger partial charge >= 0.3 is 0 Å². The molecule has 0 saturated carbocycles. The maximum absolute atomic E-state index is 11.4. The van der Waals surface area contributed by atoms with Crippen LogP contribution in [-0.4, -0.2) is 16.9 Å². The Morgan fingerprint density at radius 1 is 0.516 bits per heavy atom. The van der Waals surface area contributed by atoms with Crippen molar-refractivity contribution < 1.29 is 14.7 Å². The van der Waals surface area contributed by atoms with Gasteiger partial charge in [0.15, 0.2) is 5.78 Å². The Balaban J connectivity index is 0.000000192. The molecule has 0 aromatic heterocycles. The lowest BCUT2D eigenvalue weighted by Crippen LogP contribution is -1.95. The summed E-state index contributed by atoms with van der Waals surface area (Å²) in [4.78, 5) is 20.4. The number of carbonyl (C=O) groups excluding carboxylic acids is 1. The first kappa shape index (κ1) is 23.3. The molecule has 4 rings (SSSR count). The number of ketones is 1. The molecule has 0 aliphatic heterocycles. The van der Waals surface area contributed by atoms with Crippen molar-refractivity contribution in [3.8, 4) is 22.3 Å². The first-order valence-electron chi connectivity index (χ1n) is 9.94. The lowest BCUT2D eigenvalue weighted by Gasteiger charge is -2.06. The second kappa shape index (κ2) is 12.6. The van der Waals surface area contributed by atoms with Crippen molar-refractivity contribution in [2.75, 3.05) is 0 Å². The lowest BCUT2D eigenvalue weighted by molar-refractivity contribution is -0.134. The lowest BCUT2D eigenvalue weighted by atomic mass is 9.98. The molecule has 0 amide bonds. The molecule has 0 unspecified atom stereocenters. The van der Waals surface area contributed by atoms with Gasteiger partial charge in [-0.05, 0) is 29.2 Å². The van der Waals surface area contributed by atoms with Crippen LogP contribution in [-0.2, 0) is 4.79 Å². The SMILES string of the molecule is CC(=O)O.CC(=O)c1ccccc1-c1ccccc1.c1ccc(-c2ccccc2)cc1. The second-order valence-electron chi connectivity index (χ2n) is 6.72. The molecule has 0 saturated heterocycles. The monoisotopic (exact) mass is 410 g/mol. The van der Waals surface area contributed by atoms with Crippen LogP contribution in [0.15, 0.2) is 115 Å². The number of carboxylic acid groups (broad SMARTS) is 1. The highest BCUT2D eigenvalue weighted by Crippen LogP contribution is 2.23. The molecule has 1 N–H and O–H groups in total. The zero-order valence-corrected chi connectivity index (χ0v) is 17.7. The molecular formula is C28H26O3. The van der Waals surface area contributed by atoms with E-state index in [0.29, 0.717) is 0 Å². The maximum atomic E-state index is 11.4. The first-order valence-corrected chi connectivity index (χ1v) is 9.94. The third-order valence-corrected chi connectivity index (χ3v) is 4.27. The largest absolute Gasteiger partial charge is 0.481 e. The molecule has 0 aliphatic rings. The Kier molecular flexibility index (Phi) is 9.44. The summed E-state index contributed by atoms with van der Waals surface area (Å²) in [6.45, 7) is 2.68. The average Bonchev–Trinajstić information content (AvgIpc) is 2.81. The van der Waals surface area contributed by atoms with Gasteiger partial charge in [-0.25, -0.2) is 0 Å². The molecule has 156 valence electrons. The summed E-state index contributed by atoms with van der Waals surface area (Å²) in [6.07, 6.45) is 0. The quantitative estimate of drug-likeness (QED) is 0.370. The molecule has 0 atom stereocenters. The molecule has 0 aliphatic carbocycles. The summed E-state index contributed by atoms with van der Waals surface area (Å²) in [7, 11) is 0. The third-order valence-electron chi connectivity index (χ3n) is 4.27. The van der Waals surface area contributed by atoms with E-state index in [9.17, 15) is 4.79 Å². The Bertz CT molecular complexity index is 1030. The van der Waals surface area contributed by atoms with Crippen molar-refractivity contribution in [1.29, 1.82) is 0 Å². The van der Waals surface area contributed by atoms with Gasteiger partial charge in [-0.15, -0.1) is 0 Å². The first-order chi connectivity index (χ1) is 15.0. The van der Waals surface area contributed by atoms with E-state index in [4.69, 9.17) is 9.90 Å². The van der Waals surface area contributed by atoms with Gasteiger partial charge in [0.25, 0.3) is 5.97 Å². The molecule has 0 heterocycles. The van der Waals surface area contributed by atoms with Crippen LogP contribution in [0.4, 0.5) is 0 Å². The third kappa shape index (κ3) is 8.11. The number of carbonyl (C=O) groups is 2. The second-order valence-corrected chi connectivity index (χ2v) is 6.72. The van der Waals surface area contributed by atoms with E-state index in [-0.39, 0.29) is 5.78 Å². The smallest absolute Gasteiger partial charge is 0.300 e. The molecule has 0 bridgehead atoms. The van der Waals surface area contributed by atoms with Crippen molar-refractivity contribution in [3.63, 3.8) is 0 Å². The fourth-order valence-electron chi connectivity index (χ4n) is 2.92. The summed E-state index contributed by atoms with van der Waals surface area (Å²) >= 11 is 0. The summed E-state index contributed by atoms with van der Waals surface area (Å²) in [5.41, 5.74) is 5.42. The van der Waals surface area contributed by atoms with E-state index < -0.39 is 5.97 Å². The average molecular weight is 411 g/mol. The Morgan fingerprint density at radius 2 is 0.839 bits per heavy atom. The highest BCUT2D eigenvalue weighted by atomic mass is 16.4. The summed E-state index contributed by atoms with van der Waals surface area (Å²) in [6, 6.07) is 38.4. The Hall–Kier alpha value is -3.98. The van der Waals surface area contributed by atoms with Gasteiger partial charge in [-0.1, -0.05) is 115 Å². The fourth-order valence-corrected chi connectivity index (χ4v) is 2.92. The topological polar surface area (TPSA) is 54.4 Å². The number of carboxylic acids is 1. The molecule has 0 spiro atoms. The van der Waals surface area contributed by atoms with E-state index >= 15 is 0 Å². The molecule has 4 aromatic carbocycles. The molecule has 3 heteroatoms. The highest BCUT2D eigenvalue weighted by Gasteiger charge is 2.06. The highest BCUT2D eigenvalue weighted by molar-refractivity contribution is 6.00. The van der Waals surface area contributed by atoms with Gasteiger partial charge in [0.1, 0.15) is 0 Å². The van der Waals surface area contributed by atoms with E-state index in [1.165, 1.54) is 11.1 Å². The standard InChI is InChI=1S/C14H12O.C12H10.C2H4O2/c1-11(15)13-9-5-6-10-14(13)12-7-3-2-4-8-12;1-3-7-11(8-4-1)12-9-5-2-6-10-12;1-2(3)4/h2-10H,1H3;1-10H;1H3,(H,3,4). The van der Waals surface area contributed by atoms with Gasteiger partial charge in [-0.2, -0.15) is 0 Å². The Labute approximate surface area is 183 Å². The van der Waals surface area contributed by atoms with Gasteiger partial charge in [0.2, 0.25) is 0 Å². The Morgan fingerprint density at radius 3 is 1.23 bits per heavy atom. The van der Waals surface area contributed by atoms with Crippen LogP contribution < -0.4 is 0 Å². The van der Waals surface area contributed by atoms with Crippen LogP contribution >= 0.6 is 0 Å². The minimum absolute atomic E-state index is 0.106. The zero-order valence-electron chi connectivity index (χ0n) is 17.7. The zero-order chi connectivity index (χ0) is 22.5. The number of Topliss-reactive ketones (excluding diaryl/α,β-unsaturated/α-hetero) is 1. The number of benzene rings is 4. The van der Waals surface area contributed by atoms with Gasteiger partial charge in [0.05, 0.1) is 0 Å². The van der Waals surface area contributed by atoms with Crippen molar-refractivity contribution in [1.82, 2.24) is 0 Å². The molecule has 0 fully saturated rings. The molecule has 31 heavy (non-hydrogen) atoms. The number of hydrogen-bond donors (Lipinski definition) is 1. The molecular weight excluding hydrogens is 384 g/mol. The summed E-state index contributed by atoms with van der Waals surface area (Å²) in [5, 5.41) is 7.42. The number of hydrogen-bond acceptors (Lipinski definition) is 2. The maximum Gasteiger partial charge on any atom is 0.300 e. The van der Waals surface area contributed by atoms with Crippen LogP contribution in [0.2, 0.25) is 0 Å². The predicted molar refractivity (Wildman–Crippen MR) is 127 cm³/mol. The van der Waals surface area contributed by atoms with Crippen molar-refractivity contribution in [3.05, 3.63) is 121 Å². The van der Waals surface area contributed by atoms with Crippen LogP contribution in [0.1, 0.15) is 24.2 Å². The molecule has 4 aromatic rings. The number of rotatable bonds is 3. The van der Waals surface area contributed by atoms with Crippen molar-refractivity contribution in [2.24, 2.45) is 0 Å². The van der Waals surface area contributed by atoms with Crippen molar-refractivity contribution >= 4 is 11.8 Å². The van der Waals surface area contributed by atoms with Gasteiger partial charge in [0, 0.05) is 12.5 Å². The van der Waals surface area contributed by atoms with E-state index in [1.54, 1.807) is 6.92 Å². The molecule has 0 radical (unpaired) electrons. The van der Waals surface area contributed by atoms with Gasteiger partial charge in [-0.3, -0.25) is 9.59 Å².